The summed E-state index contributed by atoms with van der Waals surface area (Å²) in [5.74, 6) is -0.260. The Morgan fingerprint density at radius 2 is 1.59 bits per heavy atom. The lowest BCUT2D eigenvalue weighted by Crippen LogP contribution is -2.49. The van der Waals surface area contributed by atoms with E-state index in [4.69, 9.17) is 28.9 Å². The summed E-state index contributed by atoms with van der Waals surface area (Å²) in [6.45, 7) is 5.40. The molecule has 0 bridgehead atoms. The van der Waals surface area contributed by atoms with Crippen LogP contribution in [-0.2, 0) is 4.79 Å². The molecular formula is C28H34Cl4N4O3. The van der Waals surface area contributed by atoms with Gasteiger partial charge in [0.05, 0.1) is 32.9 Å². The summed E-state index contributed by atoms with van der Waals surface area (Å²) in [6.07, 6.45) is 4.93. The van der Waals surface area contributed by atoms with Gasteiger partial charge in [0.25, 0.3) is 0 Å². The molecule has 2 aromatic carbocycles. The number of pyridine rings is 1. The first-order valence-electron chi connectivity index (χ1n) is 12.5. The minimum absolute atomic E-state index is 0. The van der Waals surface area contributed by atoms with E-state index in [1.54, 1.807) is 18.3 Å². The topological polar surface area (TPSA) is 117 Å². The highest BCUT2D eigenvalue weighted by molar-refractivity contribution is 6.37. The molecule has 1 saturated carbocycles. The third kappa shape index (κ3) is 7.47. The van der Waals surface area contributed by atoms with Crippen molar-refractivity contribution >= 4 is 76.3 Å². The van der Waals surface area contributed by atoms with Crippen LogP contribution >= 0.6 is 48.0 Å². The zero-order chi connectivity index (χ0) is 26.9. The number of rotatable bonds is 7. The molecule has 1 heterocycles. The number of phenols is 1. The molecule has 1 aromatic heterocycles. The number of nitrogens with zero attached hydrogens (tertiary/aromatic N) is 1. The number of carbonyl (C=O) groups excluding carboxylic acids is 2. The van der Waals surface area contributed by atoms with Crippen molar-refractivity contribution in [2.45, 2.75) is 64.6 Å². The van der Waals surface area contributed by atoms with Crippen LogP contribution in [-0.4, -0.2) is 39.9 Å². The van der Waals surface area contributed by atoms with Gasteiger partial charge in [-0.15, -0.1) is 24.8 Å². The molecule has 1 aliphatic rings. The molecule has 3 aromatic rings. The van der Waals surface area contributed by atoms with Crippen molar-refractivity contribution in [1.29, 1.82) is 0 Å². The molecule has 39 heavy (non-hydrogen) atoms. The van der Waals surface area contributed by atoms with Crippen molar-refractivity contribution < 1.29 is 14.7 Å². The Morgan fingerprint density at radius 1 is 1.00 bits per heavy atom. The second-order valence-corrected chi connectivity index (χ2v) is 10.9. The number of carbonyl (C=O) groups is 2. The predicted molar refractivity (Wildman–Crippen MR) is 164 cm³/mol. The number of halogens is 4. The summed E-state index contributed by atoms with van der Waals surface area (Å²) in [7, 11) is 0. The van der Waals surface area contributed by atoms with Crippen LogP contribution in [0.5, 0.6) is 5.75 Å². The molecule has 1 amide bonds. The van der Waals surface area contributed by atoms with E-state index in [-0.39, 0.29) is 70.3 Å². The largest absolute Gasteiger partial charge is 0.505 e. The maximum atomic E-state index is 12.5. The molecule has 0 spiro atoms. The molecule has 0 radical (unpaired) electrons. The number of hydrogen-bond acceptors (Lipinski definition) is 6. The summed E-state index contributed by atoms with van der Waals surface area (Å²) in [5.41, 5.74) is 9.57. The van der Waals surface area contributed by atoms with E-state index in [0.29, 0.717) is 5.56 Å². The third-order valence-corrected chi connectivity index (χ3v) is 7.62. The first kappa shape index (κ1) is 32.9. The standard InChI is InChI=1S/C28H32Cl2N4O3.2ClH/c1-14(2)25(31)28(37)34-19-7-5-18(6-8-19)33-26-20-10-16(17-11-22(29)27(36)23(30)12-17)4-9-24(20)32-13-21(26)15(3)35;;/h4,9-14,18-19,25,36H,5-8,31H2,1-3H3,(H,32,33)(H,34,37);2*1H. The van der Waals surface area contributed by atoms with Crippen molar-refractivity contribution in [3.05, 3.63) is 52.1 Å². The van der Waals surface area contributed by atoms with Gasteiger partial charge in [-0.2, -0.15) is 0 Å². The zero-order valence-corrected chi connectivity index (χ0v) is 25.1. The molecule has 1 aliphatic carbocycles. The SMILES string of the molecule is CC(=O)c1cnc2ccc(-c3cc(Cl)c(O)c(Cl)c3)cc2c1NC1CCC(NC(=O)C(N)C(C)C)CC1.Cl.Cl. The normalized spacial score (nSPS) is 17.6. The summed E-state index contributed by atoms with van der Waals surface area (Å²) in [6, 6.07) is 8.77. The Morgan fingerprint density at radius 3 is 2.15 bits per heavy atom. The second kappa shape index (κ2) is 13.9. The van der Waals surface area contributed by atoms with Gasteiger partial charge in [0, 0.05) is 23.7 Å². The van der Waals surface area contributed by atoms with Crippen LogP contribution < -0.4 is 16.4 Å². The van der Waals surface area contributed by atoms with E-state index in [2.05, 4.69) is 15.6 Å². The number of aromatic nitrogens is 1. The highest BCUT2D eigenvalue weighted by Gasteiger charge is 2.26. The highest BCUT2D eigenvalue weighted by atomic mass is 35.5. The average molecular weight is 616 g/mol. The van der Waals surface area contributed by atoms with Crippen molar-refractivity contribution in [3.8, 4) is 16.9 Å². The molecule has 1 atom stereocenters. The van der Waals surface area contributed by atoms with Gasteiger partial charge in [0.2, 0.25) is 5.91 Å². The van der Waals surface area contributed by atoms with Gasteiger partial charge in [-0.05, 0) is 73.9 Å². The van der Waals surface area contributed by atoms with E-state index in [9.17, 15) is 14.7 Å². The van der Waals surface area contributed by atoms with Gasteiger partial charge in [-0.3, -0.25) is 14.6 Å². The van der Waals surface area contributed by atoms with Gasteiger partial charge >= 0.3 is 0 Å². The average Bonchev–Trinajstić information content (AvgIpc) is 2.87. The first-order chi connectivity index (χ1) is 17.5. The zero-order valence-electron chi connectivity index (χ0n) is 22.0. The van der Waals surface area contributed by atoms with Crippen molar-refractivity contribution in [3.63, 3.8) is 0 Å². The first-order valence-corrected chi connectivity index (χ1v) is 13.2. The molecule has 212 valence electrons. The number of aromatic hydroxyl groups is 1. The molecule has 7 nitrogen and oxygen atoms in total. The van der Waals surface area contributed by atoms with Crippen molar-refractivity contribution in [2.75, 3.05) is 5.32 Å². The van der Waals surface area contributed by atoms with E-state index >= 15 is 0 Å². The number of benzene rings is 2. The van der Waals surface area contributed by atoms with E-state index in [1.807, 2.05) is 32.0 Å². The summed E-state index contributed by atoms with van der Waals surface area (Å²) >= 11 is 12.3. The van der Waals surface area contributed by atoms with Gasteiger partial charge in [-0.1, -0.05) is 43.1 Å². The quantitative estimate of drug-likeness (QED) is 0.218. The minimum atomic E-state index is -0.510. The number of hydrogen-bond donors (Lipinski definition) is 4. The Hall–Kier alpha value is -2.29. The number of nitrogens with two attached hydrogens (primary N) is 1. The number of anilines is 1. The number of amides is 1. The summed E-state index contributed by atoms with van der Waals surface area (Å²) < 4.78 is 0. The molecule has 11 heteroatoms. The lowest BCUT2D eigenvalue weighted by molar-refractivity contribution is -0.124. The third-order valence-electron chi connectivity index (χ3n) is 7.04. The lowest BCUT2D eigenvalue weighted by Gasteiger charge is -2.32. The van der Waals surface area contributed by atoms with E-state index in [0.717, 1.165) is 53.4 Å². The Kier molecular flexibility index (Phi) is 11.7. The Bertz CT molecular complexity index is 1320. The molecule has 1 unspecified atom stereocenters. The number of ketones is 1. The number of fused-ring (bicyclic) bond motifs is 1. The van der Waals surface area contributed by atoms with Crippen LogP contribution in [0.25, 0.3) is 22.0 Å². The maximum Gasteiger partial charge on any atom is 0.237 e. The van der Waals surface area contributed by atoms with Crippen molar-refractivity contribution in [1.82, 2.24) is 10.3 Å². The minimum Gasteiger partial charge on any atom is -0.505 e. The fourth-order valence-corrected chi connectivity index (χ4v) is 5.20. The molecule has 4 rings (SSSR count). The van der Waals surface area contributed by atoms with E-state index in [1.165, 1.54) is 6.92 Å². The smallest absolute Gasteiger partial charge is 0.237 e. The van der Waals surface area contributed by atoms with Gasteiger partial charge in [-0.25, -0.2) is 0 Å². The Labute approximate surface area is 251 Å². The number of phenolic OH excluding ortho intramolecular Hbond substituents is 1. The second-order valence-electron chi connectivity index (χ2n) is 10.1. The summed E-state index contributed by atoms with van der Waals surface area (Å²) in [4.78, 5) is 29.4. The number of Topliss-reactive ketones (excluding diaryl/α,β-unsaturated/α-hetero) is 1. The molecular weight excluding hydrogens is 582 g/mol. The number of nitrogens with one attached hydrogen (secondary N) is 2. The lowest BCUT2D eigenvalue weighted by atomic mass is 9.90. The van der Waals surface area contributed by atoms with Gasteiger partial charge in [0.15, 0.2) is 11.5 Å². The van der Waals surface area contributed by atoms with Crippen LogP contribution in [0.15, 0.2) is 36.5 Å². The molecule has 5 N–H and O–H groups in total. The Balaban J connectivity index is 0.00000267. The van der Waals surface area contributed by atoms with E-state index < -0.39 is 6.04 Å². The summed E-state index contributed by atoms with van der Waals surface area (Å²) in [5, 5.41) is 17.8. The van der Waals surface area contributed by atoms with Crippen molar-refractivity contribution in [2.24, 2.45) is 11.7 Å². The van der Waals surface area contributed by atoms with Crippen LogP contribution in [0.4, 0.5) is 5.69 Å². The fraction of sp³-hybridized carbons (Fsp3) is 0.393. The molecule has 0 aliphatic heterocycles. The van der Waals surface area contributed by atoms with Crippen LogP contribution in [0, 0.1) is 5.92 Å². The van der Waals surface area contributed by atoms with Gasteiger partial charge in [0.1, 0.15) is 0 Å². The highest BCUT2D eigenvalue weighted by Crippen LogP contribution is 2.38. The fourth-order valence-electron chi connectivity index (χ4n) is 4.71. The maximum absolute atomic E-state index is 12.5. The van der Waals surface area contributed by atoms with Crippen LogP contribution in [0.3, 0.4) is 0 Å². The monoisotopic (exact) mass is 614 g/mol. The van der Waals surface area contributed by atoms with Gasteiger partial charge < -0.3 is 21.5 Å². The van der Waals surface area contributed by atoms with Crippen LogP contribution in [0.2, 0.25) is 10.0 Å². The predicted octanol–water partition coefficient (Wildman–Crippen LogP) is 6.78. The molecule has 0 saturated heterocycles. The van der Waals surface area contributed by atoms with Crippen LogP contribution in [0.1, 0.15) is 56.8 Å². The molecule has 1 fully saturated rings.